The smallest absolute Gasteiger partial charge is 0.201 e. The first-order valence-corrected chi connectivity index (χ1v) is 18.4. The molecule has 0 bridgehead atoms. The van der Waals surface area contributed by atoms with E-state index < -0.39 is 5.78 Å². The van der Waals surface area contributed by atoms with E-state index in [1.165, 1.54) is 36.4 Å². The van der Waals surface area contributed by atoms with Crippen molar-refractivity contribution in [3.05, 3.63) is 241 Å². The molecular formula is C50H40O10Zr2. The molecule has 308 valence electrons. The quantitative estimate of drug-likeness (QED) is 0.0936. The molecule has 0 spiro atoms. The Bertz CT molecular complexity index is 2240. The maximum atomic E-state index is 12.2. The standard InChI is InChI=1S/C14H8O4.2C12H10O2.2C6H6O.2Zr/c15-9-5-1-3-7-11(9)14(18)12-8(13(7)17)4-2-6-10(12)16;2*1-3-7-11(8-4-1)13-14-12-9-5-2-6-10-12;2*7-6-4-2-1-3-5-6;;/h1-6,15-16H;2*1-10H;2*1-5,7H;;. The molecule has 0 aromatic heterocycles. The van der Waals surface area contributed by atoms with Crippen molar-refractivity contribution in [2.24, 2.45) is 0 Å². The summed E-state index contributed by atoms with van der Waals surface area (Å²) >= 11 is 0. The number of para-hydroxylation sites is 6. The molecular weight excluding hydrogens is 943 g/mol. The average Bonchev–Trinajstić information content (AvgIpc) is 3.29. The Balaban J connectivity index is 0.000000213. The molecule has 8 aromatic carbocycles. The first-order valence-electron chi connectivity index (χ1n) is 18.4. The third kappa shape index (κ3) is 16.0. The molecule has 8 aromatic rings. The molecule has 0 fully saturated rings. The van der Waals surface area contributed by atoms with E-state index in [9.17, 15) is 19.8 Å². The second-order valence-corrected chi connectivity index (χ2v) is 12.3. The van der Waals surface area contributed by atoms with Crippen LogP contribution in [-0.2, 0) is 52.4 Å². The zero-order valence-electron chi connectivity index (χ0n) is 33.0. The molecule has 0 aliphatic heterocycles. The van der Waals surface area contributed by atoms with Crippen LogP contribution in [0.25, 0.3) is 0 Å². The molecule has 12 heteroatoms. The van der Waals surface area contributed by atoms with E-state index >= 15 is 0 Å². The Morgan fingerprint density at radius 3 is 0.742 bits per heavy atom. The van der Waals surface area contributed by atoms with Crippen molar-refractivity contribution >= 4 is 11.6 Å². The van der Waals surface area contributed by atoms with Crippen LogP contribution in [0.3, 0.4) is 0 Å². The largest absolute Gasteiger partial charge is 0.508 e. The van der Waals surface area contributed by atoms with Gasteiger partial charge in [0.05, 0.1) is 11.1 Å². The number of hydrogen-bond acceptors (Lipinski definition) is 10. The Hall–Kier alpha value is -6.73. The van der Waals surface area contributed by atoms with Gasteiger partial charge in [0.2, 0.25) is 5.78 Å². The SMILES string of the molecule is O=C1c2cccc(O)c2C(=O)c2c(O)cccc21.Oc1ccccc1.Oc1ccccc1.[Zr].[Zr].c1ccc(OOc2ccccc2)cc1.c1ccc(OOc2ccccc2)cc1. The van der Waals surface area contributed by atoms with Crippen LogP contribution in [0, 0.1) is 0 Å². The molecule has 1 aliphatic carbocycles. The van der Waals surface area contributed by atoms with Gasteiger partial charge in [0.25, 0.3) is 0 Å². The van der Waals surface area contributed by atoms with Gasteiger partial charge in [-0.1, -0.05) is 133 Å². The Morgan fingerprint density at radius 1 is 0.274 bits per heavy atom. The fourth-order valence-corrected chi connectivity index (χ4v) is 5.16. The van der Waals surface area contributed by atoms with Gasteiger partial charge in [-0.05, 0) is 84.9 Å². The molecule has 62 heavy (non-hydrogen) atoms. The number of carbonyl (C=O) groups excluding carboxylic acids is 2. The molecule has 10 nitrogen and oxygen atoms in total. The number of rotatable bonds is 6. The van der Waals surface area contributed by atoms with Gasteiger partial charge in [0.1, 0.15) is 23.0 Å². The van der Waals surface area contributed by atoms with Gasteiger partial charge in [0, 0.05) is 63.5 Å². The van der Waals surface area contributed by atoms with Gasteiger partial charge in [-0.15, -0.1) is 0 Å². The summed E-state index contributed by atoms with van der Waals surface area (Å²) in [6.45, 7) is 0. The monoisotopic (exact) mass is 980 g/mol. The number of carbonyl (C=O) groups is 2. The normalized spacial score (nSPS) is 10.0. The summed E-state index contributed by atoms with van der Waals surface area (Å²) in [4.78, 5) is 44.8. The van der Waals surface area contributed by atoms with Crippen molar-refractivity contribution in [3.8, 4) is 46.0 Å². The van der Waals surface area contributed by atoms with Crippen molar-refractivity contribution < 1.29 is 102 Å². The average molecular weight is 983 g/mol. The summed E-state index contributed by atoms with van der Waals surface area (Å²) < 4.78 is 0. The van der Waals surface area contributed by atoms with E-state index in [0.717, 1.165) is 0 Å². The second-order valence-electron chi connectivity index (χ2n) is 12.3. The zero-order valence-corrected chi connectivity index (χ0v) is 37.9. The minimum Gasteiger partial charge on any atom is -0.508 e. The third-order valence-corrected chi connectivity index (χ3v) is 7.98. The molecule has 0 atom stereocenters. The van der Waals surface area contributed by atoms with Gasteiger partial charge < -0.3 is 20.4 Å². The maximum absolute atomic E-state index is 12.2. The van der Waals surface area contributed by atoms with Crippen molar-refractivity contribution in [1.82, 2.24) is 0 Å². The fraction of sp³-hybridized carbons (Fsp3) is 0. The van der Waals surface area contributed by atoms with E-state index in [1.54, 1.807) is 48.5 Å². The number of aromatic hydroxyl groups is 4. The number of ketones is 2. The van der Waals surface area contributed by atoms with Gasteiger partial charge in [-0.3, -0.25) is 29.1 Å². The fourth-order valence-electron chi connectivity index (χ4n) is 5.16. The molecule has 1 aliphatic rings. The Morgan fingerprint density at radius 2 is 0.516 bits per heavy atom. The third-order valence-electron chi connectivity index (χ3n) is 7.98. The summed E-state index contributed by atoms with van der Waals surface area (Å²) in [5.41, 5.74) is 0.240. The predicted octanol–water partition coefficient (Wildman–Crippen LogP) is 10.8. The predicted molar refractivity (Wildman–Crippen MR) is 228 cm³/mol. The van der Waals surface area contributed by atoms with E-state index in [4.69, 9.17) is 29.8 Å². The molecule has 0 amide bonds. The zero-order chi connectivity index (χ0) is 42.4. The molecule has 0 radical (unpaired) electrons. The Labute approximate surface area is 397 Å². The molecule has 0 heterocycles. The van der Waals surface area contributed by atoms with Crippen LogP contribution in [0.2, 0.25) is 0 Å². The first kappa shape index (κ1) is 49.6. The van der Waals surface area contributed by atoms with E-state index in [-0.39, 0.29) is 91.9 Å². The number of phenolic OH excluding ortho intramolecular Hbond substituents is 4. The summed E-state index contributed by atoms with van der Waals surface area (Å²) in [6, 6.07) is 63.6. The number of fused-ring (bicyclic) bond motifs is 2. The molecule has 0 saturated carbocycles. The van der Waals surface area contributed by atoms with Crippen LogP contribution in [0.5, 0.6) is 46.0 Å². The molecule has 0 saturated heterocycles. The summed E-state index contributed by atoms with van der Waals surface area (Å²) in [6.07, 6.45) is 0. The van der Waals surface area contributed by atoms with Gasteiger partial charge in [0.15, 0.2) is 28.8 Å². The van der Waals surface area contributed by atoms with Crippen LogP contribution in [-0.4, -0.2) is 32.0 Å². The summed E-state index contributed by atoms with van der Waals surface area (Å²) in [7, 11) is 0. The van der Waals surface area contributed by atoms with Crippen molar-refractivity contribution in [1.29, 1.82) is 0 Å². The van der Waals surface area contributed by atoms with E-state index in [2.05, 4.69) is 0 Å². The molecule has 4 N–H and O–H groups in total. The topological polar surface area (TPSA) is 152 Å². The van der Waals surface area contributed by atoms with Crippen LogP contribution < -0.4 is 19.6 Å². The molecule has 9 rings (SSSR count). The second kappa shape index (κ2) is 27.2. The van der Waals surface area contributed by atoms with Crippen LogP contribution >= 0.6 is 0 Å². The minimum absolute atomic E-state index is 0. The minimum atomic E-state index is -0.532. The van der Waals surface area contributed by atoms with Crippen molar-refractivity contribution in [3.63, 3.8) is 0 Å². The van der Waals surface area contributed by atoms with Crippen molar-refractivity contribution in [2.45, 2.75) is 0 Å². The first-order chi connectivity index (χ1) is 29.3. The van der Waals surface area contributed by atoms with Gasteiger partial charge >= 0.3 is 0 Å². The van der Waals surface area contributed by atoms with E-state index in [0.29, 0.717) is 34.5 Å². The number of benzene rings is 8. The van der Waals surface area contributed by atoms with Crippen LogP contribution in [0.15, 0.2) is 218 Å². The van der Waals surface area contributed by atoms with Gasteiger partial charge in [-0.2, -0.15) is 0 Å². The maximum Gasteiger partial charge on any atom is 0.201 e. The van der Waals surface area contributed by atoms with Crippen LogP contribution in [0.4, 0.5) is 0 Å². The summed E-state index contributed by atoms with van der Waals surface area (Å²) in [5, 5.41) is 36.7. The number of hydrogen-bond donors (Lipinski definition) is 4. The van der Waals surface area contributed by atoms with E-state index in [1.807, 2.05) is 133 Å². The summed E-state index contributed by atoms with van der Waals surface area (Å²) in [5.74, 6) is 2.01. The van der Waals surface area contributed by atoms with Crippen LogP contribution in [0.1, 0.15) is 31.8 Å². The number of phenols is 4. The Kier molecular flexibility index (Phi) is 21.8. The van der Waals surface area contributed by atoms with Gasteiger partial charge in [-0.25, -0.2) is 0 Å². The molecule has 0 unspecified atom stereocenters. The van der Waals surface area contributed by atoms with Crippen molar-refractivity contribution in [2.75, 3.05) is 0 Å².